The van der Waals surface area contributed by atoms with Crippen molar-refractivity contribution < 1.29 is 19.0 Å². The van der Waals surface area contributed by atoms with Crippen LogP contribution in [0.2, 0.25) is 0 Å². The van der Waals surface area contributed by atoms with Gasteiger partial charge in [0.05, 0.1) is 13.2 Å². The van der Waals surface area contributed by atoms with Gasteiger partial charge in [-0.05, 0) is 24.6 Å². The van der Waals surface area contributed by atoms with Crippen molar-refractivity contribution in [3.63, 3.8) is 0 Å². The molecular weight excluding hydrogens is 272 g/mol. The maximum absolute atomic E-state index is 11.2. The summed E-state index contributed by atoms with van der Waals surface area (Å²) in [5.74, 6) is 1.04. The monoisotopic (exact) mass is 296 g/mol. The summed E-state index contributed by atoms with van der Waals surface area (Å²) in [7, 11) is 3.25. The van der Waals surface area contributed by atoms with Gasteiger partial charge in [-0.1, -0.05) is 6.07 Å². The molecule has 0 fully saturated rings. The van der Waals surface area contributed by atoms with Crippen molar-refractivity contribution in [1.82, 2.24) is 10.6 Å². The Labute approximate surface area is 125 Å². The van der Waals surface area contributed by atoms with E-state index in [4.69, 9.17) is 14.2 Å². The fraction of sp³-hybridized carbons (Fsp3) is 0.533. The molecule has 0 saturated heterocycles. The third kappa shape index (κ3) is 6.46. The van der Waals surface area contributed by atoms with Crippen LogP contribution in [0, 0.1) is 0 Å². The molecule has 118 valence electrons. The van der Waals surface area contributed by atoms with Gasteiger partial charge >= 0.3 is 0 Å². The molecule has 1 amide bonds. The summed E-state index contributed by atoms with van der Waals surface area (Å²) in [6.07, 6.45) is 0. The average Bonchev–Trinajstić information content (AvgIpc) is 2.50. The van der Waals surface area contributed by atoms with E-state index in [0.29, 0.717) is 24.7 Å². The highest BCUT2D eigenvalue weighted by Gasteiger charge is 2.08. The standard InChI is InChI=1S/C15H24N2O4/c1-4-20-14-9-12(10-17-7-8-19-3)5-6-13(14)21-11-15(18)16-2/h5-6,9,17H,4,7-8,10-11H2,1-3H3,(H,16,18). The summed E-state index contributed by atoms with van der Waals surface area (Å²) >= 11 is 0. The molecule has 0 aliphatic carbocycles. The maximum atomic E-state index is 11.2. The molecule has 6 nitrogen and oxygen atoms in total. The van der Waals surface area contributed by atoms with Gasteiger partial charge in [0.1, 0.15) is 0 Å². The maximum Gasteiger partial charge on any atom is 0.257 e. The van der Waals surface area contributed by atoms with E-state index in [9.17, 15) is 4.79 Å². The van der Waals surface area contributed by atoms with Gasteiger partial charge in [-0.3, -0.25) is 4.79 Å². The van der Waals surface area contributed by atoms with Gasteiger partial charge in [0.2, 0.25) is 0 Å². The van der Waals surface area contributed by atoms with Crippen LogP contribution in [0.15, 0.2) is 18.2 Å². The van der Waals surface area contributed by atoms with E-state index in [-0.39, 0.29) is 12.5 Å². The van der Waals surface area contributed by atoms with Gasteiger partial charge in [0, 0.05) is 27.2 Å². The lowest BCUT2D eigenvalue weighted by molar-refractivity contribution is -0.122. The lowest BCUT2D eigenvalue weighted by Crippen LogP contribution is -2.25. The summed E-state index contributed by atoms with van der Waals surface area (Å²) in [5, 5.41) is 5.78. The lowest BCUT2D eigenvalue weighted by Gasteiger charge is -2.13. The summed E-state index contributed by atoms with van der Waals surface area (Å²) in [6, 6.07) is 5.69. The van der Waals surface area contributed by atoms with Crippen LogP contribution >= 0.6 is 0 Å². The SMILES string of the molecule is CCOc1cc(CNCCOC)ccc1OCC(=O)NC. The molecule has 6 heteroatoms. The van der Waals surface area contributed by atoms with Gasteiger partial charge in [0.25, 0.3) is 5.91 Å². The minimum Gasteiger partial charge on any atom is -0.490 e. The number of carbonyl (C=O) groups excluding carboxylic acids is 1. The number of benzene rings is 1. The molecule has 0 spiro atoms. The zero-order valence-electron chi connectivity index (χ0n) is 12.9. The minimum atomic E-state index is -0.178. The highest BCUT2D eigenvalue weighted by molar-refractivity contribution is 5.77. The topological polar surface area (TPSA) is 68.8 Å². The van der Waals surface area contributed by atoms with E-state index >= 15 is 0 Å². The van der Waals surface area contributed by atoms with Gasteiger partial charge in [-0.15, -0.1) is 0 Å². The van der Waals surface area contributed by atoms with Crippen LogP contribution < -0.4 is 20.1 Å². The van der Waals surface area contributed by atoms with E-state index in [0.717, 1.165) is 18.7 Å². The number of rotatable bonds is 10. The highest BCUT2D eigenvalue weighted by Crippen LogP contribution is 2.28. The van der Waals surface area contributed by atoms with Gasteiger partial charge in [0.15, 0.2) is 18.1 Å². The first-order valence-corrected chi connectivity index (χ1v) is 7.00. The van der Waals surface area contributed by atoms with Crippen LogP contribution in [-0.4, -0.2) is 46.4 Å². The van der Waals surface area contributed by atoms with Crippen molar-refractivity contribution in [2.75, 3.05) is 40.5 Å². The van der Waals surface area contributed by atoms with Gasteiger partial charge in [-0.2, -0.15) is 0 Å². The number of likely N-dealkylation sites (N-methyl/N-ethyl adjacent to an activating group) is 1. The Morgan fingerprint density at radius 3 is 2.71 bits per heavy atom. The Morgan fingerprint density at radius 1 is 1.24 bits per heavy atom. The molecular formula is C15H24N2O4. The van der Waals surface area contributed by atoms with E-state index in [1.807, 2.05) is 25.1 Å². The zero-order valence-corrected chi connectivity index (χ0v) is 12.9. The molecule has 0 radical (unpaired) electrons. The Bertz CT molecular complexity index is 438. The summed E-state index contributed by atoms with van der Waals surface area (Å²) in [5.41, 5.74) is 1.09. The molecule has 0 aliphatic heterocycles. The number of ether oxygens (including phenoxy) is 3. The second-order valence-corrected chi connectivity index (χ2v) is 4.35. The first kappa shape index (κ1) is 17.3. The molecule has 0 aliphatic rings. The number of carbonyl (C=O) groups is 1. The molecule has 2 N–H and O–H groups in total. The van der Waals surface area contributed by atoms with Crippen LogP contribution in [0.4, 0.5) is 0 Å². The predicted octanol–water partition coefficient (Wildman–Crippen LogP) is 0.946. The fourth-order valence-corrected chi connectivity index (χ4v) is 1.67. The zero-order chi connectivity index (χ0) is 15.5. The van der Waals surface area contributed by atoms with Crippen molar-refractivity contribution in [2.45, 2.75) is 13.5 Å². The Kier molecular flexibility index (Phi) is 8.23. The molecule has 1 aromatic rings. The molecule has 0 atom stereocenters. The van der Waals surface area contributed by atoms with E-state index in [1.54, 1.807) is 14.2 Å². The van der Waals surface area contributed by atoms with Crippen LogP contribution in [0.1, 0.15) is 12.5 Å². The van der Waals surface area contributed by atoms with Gasteiger partial charge in [-0.25, -0.2) is 0 Å². The van der Waals surface area contributed by atoms with Gasteiger partial charge < -0.3 is 24.8 Å². The Balaban J connectivity index is 2.64. The van der Waals surface area contributed by atoms with E-state index in [2.05, 4.69) is 10.6 Å². The lowest BCUT2D eigenvalue weighted by atomic mass is 10.2. The number of amides is 1. The second-order valence-electron chi connectivity index (χ2n) is 4.35. The van der Waals surface area contributed by atoms with E-state index in [1.165, 1.54) is 0 Å². The first-order chi connectivity index (χ1) is 10.2. The van der Waals surface area contributed by atoms with Crippen LogP contribution in [0.25, 0.3) is 0 Å². The predicted molar refractivity (Wildman–Crippen MR) is 80.8 cm³/mol. The Hall–Kier alpha value is -1.79. The van der Waals surface area contributed by atoms with E-state index < -0.39 is 0 Å². The fourth-order valence-electron chi connectivity index (χ4n) is 1.67. The molecule has 1 rings (SSSR count). The molecule has 0 heterocycles. The van der Waals surface area contributed by atoms with Crippen molar-refractivity contribution >= 4 is 5.91 Å². The van der Waals surface area contributed by atoms with Crippen molar-refractivity contribution in [2.24, 2.45) is 0 Å². The molecule has 1 aromatic carbocycles. The summed E-state index contributed by atoms with van der Waals surface area (Å²) in [6.45, 7) is 4.60. The molecule has 0 bridgehead atoms. The molecule has 0 aromatic heterocycles. The van der Waals surface area contributed by atoms with Crippen LogP contribution in [0.3, 0.4) is 0 Å². The van der Waals surface area contributed by atoms with Crippen molar-refractivity contribution in [3.8, 4) is 11.5 Å². The van der Waals surface area contributed by atoms with Crippen molar-refractivity contribution in [3.05, 3.63) is 23.8 Å². The number of hydrogen-bond acceptors (Lipinski definition) is 5. The highest BCUT2D eigenvalue weighted by atomic mass is 16.5. The average molecular weight is 296 g/mol. The number of methoxy groups -OCH3 is 1. The minimum absolute atomic E-state index is 0.0258. The smallest absolute Gasteiger partial charge is 0.257 e. The summed E-state index contributed by atoms with van der Waals surface area (Å²) < 4.78 is 16.0. The van der Waals surface area contributed by atoms with Crippen molar-refractivity contribution in [1.29, 1.82) is 0 Å². The number of nitrogens with one attached hydrogen (secondary N) is 2. The normalized spacial score (nSPS) is 10.2. The first-order valence-electron chi connectivity index (χ1n) is 7.00. The molecule has 0 saturated carbocycles. The third-order valence-electron chi connectivity index (χ3n) is 2.76. The van der Waals surface area contributed by atoms with Crippen LogP contribution in [0.5, 0.6) is 11.5 Å². The van der Waals surface area contributed by atoms with Crippen LogP contribution in [-0.2, 0) is 16.1 Å². The molecule has 0 unspecified atom stereocenters. The molecule has 21 heavy (non-hydrogen) atoms. The quantitative estimate of drug-likeness (QED) is 0.629. The third-order valence-corrected chi connectivity index (χ3v) is 2.76. The number of hydrogen-bond donors (Lipinski definition) is 2. The second kappa shape index (κ2) is 10.0. The Morgan fingerprint density at radius 2 is 2.05 bits per heavy atom. The largest absolute Gasteiger partial charge is 0.490 e. The summed E-state index contributed by atoms with van der Waals surface area (Å²) in [4.78, 5) is 11.2.